The average molecular weight is 448 g/mol. The highest BCUT2D eigenvalue weighted by molar-refractivity contribution is 7.19. The zero-order valence-corrected chi connectivity index (χ0v) is 18.4. The first-order valence-electron chi connectivity index (χ1n) is 10.6. The SMILES string of the molecule is Cc1sc2ncn(CC(=O)N(Cc3ccccc3F)C3CC3)c(=O)c2c1-c1ccccc1. The molecule has 0 aliphatic heterocycles. The van der Waals surface area contributed by atoms with Gasteiger partial charge in [0.1, 0.15) is 17.2 Å². The molecule has 0 N–H and O–H groups in total. The second-order valence-electron chi connectivity index (χ2n) is 8.10. The van der Waals surface area contributed by atoms with Gasteiger partial charge in [0, 0.05) is 28.6 Å². The van der Waals surface area contributed by atoms with E-state index in [0.717, 1.165) is 28.8 Å². The van der Waals surface area contributed by atoms with Crippen LogP contribution in [-0.2, 0) is 17.9 Å². The molecular formula is C25H22FN3O2S. The molecule has 4 aromatic rings. The molecule has 5 rings (SSSR count). The molecule has 2 aromatic heterocycles. The van der Waals surface area contributed by atoms with Crippen molar-refractivity contribution < 1.29 is 9.18 Å². The largest absolute Gasteiger partial charge is 0.334 e. The molecule has 32 heavy (non-hydrogen) atoms. The van der Waals surface area contributed by atoms with Gasteiger partial charge in [0.2, 0.25) is 5.91 Å². The van der Waals surface area contributed by atoms with Gasteiger partial charge in [0.05, 0.1) is 11.7 Å². The summed E-state index contributed by atoms with van der Waals surface area (Å²) < 4.78 is 15.5. The van der Waals surface area contributed by atoms with Gasteiger partial charge >= 0.3 is 0 Å². The lowest BCUT2D eigenvalue weighted by Crippen LogP contribution is -2.37. The van der Waals surface area contributed by atoms with E-state index in [1.165, 1.54) is 28.3 Å². The van der Waals surface area contributed by atoms with E-state index in [2.05, 4.69) is 4.98 Å². The first-order chi connectivity index (χ1) is 15.5. The van der Waals surface area contributed by atoms with Gasteiger partial charge < -0.3 is 4.90 Å². The van der Waals surface area contributed by atoms with E-state index >= 15 is 0 Å². The van der Waals surface area contributed by atoms with Crippen molar-refractivity contribution in [2.45, 2.75) is 38.9 Å². The number of aryl methyl sites for hydroxylation is 1. The summed E-state index contributed by atoms with van der Waals surface area (Å²) in [4.78, 5) is 34.4. The molecule has 0 spiro atoms. The average Bonchev–Trinajstić information content (AvgIpc) is 3.57. The first-order valence-corrected chi connectivity index (χ1v) is 11.4. The summed E-state index contributed by atoms with van der Waals surface area (Å²) in [5.41, 5.74) is 2.08. The quantitative estimate of drug-likeness (QED) is 0.428. The maximum Gasteiger partial charge on any atom is 0.263 e. The molecule has 5 nitrogen and oxygen atoms in total. The number of carbonyl (C=O) groups excluding carboxylic acids is 1. The van der Waals surface area contributed by atoms with Gasteiger partial charge in [-0.3, -0.25) is 14.2 Å². The Labute approximate surface area is 188 Å². The van der Waals surface area contributed by atoms with E-state index in [1.54, 1.807) is 23.1 Å². The number of fused-ring (bicyclic) bond motifs is 1. The number of amides is 1. The summed E-state index contributed by atoms with van der Waals surface area (Å²) in [6.07, 6.45) is 3.24. The van der Waals surface area contributed by atoms with E-state index in [0.29, 0.717) is 15.8 Å². The third-order valence-corrected chi connectivity index (χ3v) is 6.84. The van der Waals surface area contributed by atoms with Crippen LogP contribution >= 0.6 is 11.3 Å². The summed E-state index contributed by atoms with van der Waals surface area (Å²) >= 11 is 1.48. The highest BCUT2D eigenvalue weighted by atomic mass is 32.1. The Morgan fingerprint density at radius 1 is 1.16 bits per heavy atom. The number of thiophene rings is 1. The van der Waals surface area contributed by atoms with Crippen LogP contribution in [0.2, 0.25) is 0 Å². The van der Waals surface area contributed by atoms with Crippen LogP contribution in [0.15, 0.2) is 65.7 Å². The lowest BCUT2D eigenvalue weighted by molar-refractivity contribution is -0.133. The van der Waals surface area contributed by atoms with E-state index in [4.69, 9.17) is 0 Å². The van der Waals surface area contributed by atoms with Gasteiger partial charge in [0.15, 0.2) is 0 Å². The summed E-state index contributed by atoms with van der Waals surface area (Å²) in [7, 11) is 0. The predicted octanol–water partition coefficient (Wildman–Crippen LogP) is 4.76. The summed E-state index contributed by atoms with van der Waals surface area (Å²) in [5, 5.41) is 0.543. The van der Waals surface area contributed by atoms with E-state index in [-0.39, 0.29) is 36.4 Å². The van der Waals surface area contributed by atoms with E-state index in [1.807, 2.05) is 37.3 Å². The standard InChI is InChI=1S/C25H22FN3O2S/c1-16-22(17-7-3-2-4-8-17)23-24(32-16)27-15-28(25(23)31)14-21(30)29(19-11-12-19)13-18-9-5-6-10-20(18)26/h2-10,15,19H,11-14H2,1H3. The predicted molar refractivity (Wildman–Crippen MR) is 124 cm³/mol. The molecule has 2 aromatic carbocycles. The molecule has 1 fully saturated rings. The number of nitrogens with zero attached hydrogens (tertiary/aromatic N) is 3. The van der Waals surface area contributed by atoms with Crippen LogP contribution in [0.1, 0.15) is 23.3 Å². The molecular weight excluding hydrogens is 425 g/mol. The minimum atomic E-state index is -0.326. The molecule has 0 radical (unpaired) electrons. The molecule has 1 aliphatic rings. The van der Waals surface area contributed by atoms with Crippen molar-refractivity contribution in [3.63, 3.8) is 0 Å². The monoisotopic (exact) mass is 447 g/mol. The Morgan fingerprint density at radius 3 is 2.59 bits per heavy atom. The van der Waals surface area contributed by atoms with Crippen LogP contribution in [0.4, 0.5) is 4.39 Å². The van der Waals surface area contributed by atoms with Crippen molar-refractivity contribution in [3.8, 4) is 11.1 Å². The molecule has 0 unspecified atom stereocenters. The fourth-order valence-corrected chi connectivity index (χ4v) is 5.06. The summed E-state index contributed by atoms with van der Waals surface area (Å²) in [5.74, 6) is -0.528. The maximum atomic E-state index is 14.2. The molecule has 1 saturated carbocycles. The number of aromatic nitrogens is 2. The minimum absolute atomic E-state index is 0.0952. The second kappa shape index (κ2) is 8.31. The van der Waals surface area contributed by atoms with E-state index in [9.17, 15) is 14.0 Å². The van der Waals surface area contributed by atoms with Crippen LogP contribution in [0, 0.1) is 12.7 Å². The van der Waals surface area contributed by atoms with Crippen molar-refractivity contribution in [2.75, 3.05) is 0 Å². The number of carbonyl (C=O) groups is 1. The first kappa shape index (κ1) is 20.6. The van der Waals surface area contributed by atoms with Gasteiger partial charge in [-0.2, -0.15) is 0 Å². The van der Waals surface area contributed by atoms with Crippen LogP contribution < -0.4 is 5.56 Å². The van der Waals surface area contributed by atoms with Gasteiger partial charge in [-0.25, -0.2) is 9.37 Å². The Bertz CT molecular complexity index is 1360. The third-order valence-electron chi connectivity index (χ3n) is 5.83. The van der Waals surface area contributed by atoms with E-state index < -0.39 is 0 Å². The Kier molecular flexibility index (Phi) is 5.35. The number of benzene rings is 2. The molecule has 7 heteroatoms. The van der Waals surface area contributed by atoms with Gasteiger partial charge in [-0.15, -0.1) is 11.3 Å². The highest BCUT2D eigenvalue weighted by Crippen LogP contribution is 2.35. The highest BCUT2D eigenvalue weighted by Gasteiger charge is 2.33. The minimum Gasteiger partial charge on any atom is -0.334 e. The van der Waals surface area contributed by atoms with Gasteiger partial charge in [-0.1, -0.05) is 48.5 Å². The number of hydrogen-bond acceptors (Lipinski definition) is 4. The van der Waals surface area contributed by atoms with Crippen LogP contribution in [-0.4, -0.2) is 26.4 Å². The van der Waals surface area contributed by atoms with Crippen molar-refractivity contribution in [3.05, 3.63) is 87.5 Å². The topological polar surface area (TPSA) is 55.2 Å². The fraction of sp³-hybridized carbons (Fsp3) is 0.240. The molecule has 0 saturated heterocycles. The smallest absolute Gasteiger partial charge is 0.263 e. The van der Waals surface area contributed by atoms with Crippen molar-refractivity contribution in [1.82, 2.24) is 14.5 Å². The normalized spacial score (nSPS) is 13.4. The number of hydrogen-bond donors (Lipinski definition) is 0. The van der Waals surface area contributed by atoms with Crippen molar-refractivity contribution in [2.24, 2.45) is 0 Å². The van der Waals surface area contributed by atoms with Crippen LogP contribution in [0.25, 0.3) is 21.3 Å². The van der Waals surface area contributed by atoms with Crippen LogP contribution in [0.3, 0.4) is 0 Å². The number of rotatable bonds is 6. The molecule has 162 valence electrons. The Morgan fingerprint density at radius 2 is 1.88 bits per heavy atom. The van der Waals surface area contributed by atoms with Crippen molar-refractivity contribution >= 4 is 27.5 Å². The summed E-state index contributed by atoms with van der Waals surface area (Å²) in [6.45, 7) is 2.07. The van der Waals surface area contributed by atoms with Gasteiger partial charge in [-0.05, 0) is 31.4 Å². The molecule has 1 amide bonds. The van der Waals surface area contributed by atoms with Crippen LogP contribution in [0.5, 0.6) is 0 Å². The maximum absolute atomic E-state index is 14.2. The Hall–Kier alpha value is -3.32. The fourth-order valence-electron chi connectivity index (χ4n) is 4.06. The molecule has 0 atom stereocenters. The Balaban J connectivity index is 1.48. The zero-order chi connectivity index (χ0) is 22.2. The molecule has 1 aliphatic carbocycles. The third kappa shape index (κ3) is 3.84. The lowest BCUT2D eigenvalue weighted by Gasteiger charge is -2.23. The number of halogens is 1. The molecule has 0 bridgehead atoms. The lowest BCUT2D eigenvalue weighted by atomic mass is 10.0. The van der Waals surface area contributed by atoms with Gasteiger partial charge in [0.25, 0.3) is 5.56 Å². The summed E-state index contributed by atoms with van der Waals surface area (Å²) in [6, 6.07) is 16.3. The zero-order valence-electron chi connectivity index (χ0n) is 17.6. The second-order valence-corrected chi connectivity index (χ2v) is 9.30. The molecule has 2 heterocycles. The van der Waals surface area contributed by atoms with Crippen molar-refractivity contribution in [1.29, 1.82) is 0 Å².